The van der Waals surface area contributed by atoms with Crippen molar-refractivity contribution in [3.05, 3.63) is 52.8 Å². The molecule has 0 fully saturated rings. The molecule has 6 heteroatoms. The number of carbonyl (C=O) groups excluding carboxylic acids is 1. The minimum absolute atomic E-state index is 0.0775. The molecule has 0 aliphatic carbocycles. The summed E-state index contributed by atoms with van der Waals surface area (Å²) in [5.41, 5.74) is 1.03. The maximum atomic E-state index is 13.0. The second-order valence-electron chi connectivity index (χ2n) is 4.53. The highest BCUT2D eigenvalue weighted by molar-refractivity contribution is 6.33. The van der Waals surface area contributed by atoms with E-state index in [1.807, 2.05) is 0 Å². The van der Waals surface area contributed by atoms with E-state index >= 15 is 0 Å². The van der Waals surface area contributed by atoms with Crippen LogP contribution in [0.25, 0.3) is 0 Å². The van der Waals surface area contributed by atoms with Gasteiger partial charge in [-0.3, -0.25) is 4.79 Å². The van der Waals surface area contributed by atoms with Gasteiger partial charge in [-0.1, -0.05) is 11.6 Å². The molecule has 116 valence electrons. The monoisotopic (exact) mass is 323 g/mol. The number of methoxy groups -OCH3 is 2. The topological polar surface area (TPSA) is 47.6 Å². The van der Waals surface area contributed by atoms with E-state index < -0.39 is 5.82 Å². The standard InChI is InChI=1S/C16H15ClFNO3/c1-21-12-4-6-15(22-2)10(7-12)8-16(20)19-14-5-3-11(18)9-13(14)17/h3-7,9H,8H2,1-2H3,(H,19,20). The van der Waals surface area contributed by atoms with Gasteiger partial charge in [-0.25, -0.2) is 4.39 Å². The van der Waals surface area contributed by atoms with Crippen LogP contribution in [0.2, 0.25) is 5.02 Å². The lowest BCUT2D eigenvalue weighted by Gasteiger charge is -2.11. The van der Waals surface area contributed by atoms with Crippen LogP contribution in [0.3, 0.4) is 0 Å². The molecule has 0 saturated carbocycles. The minimum Gasteiger partial charge on any atom is -0.497 e. The molecule has 0 aliphatic rings. The van der Waals surface area contributed by atoms with Crippen molar-refractivity contribution in [2.45, 2.75) is 6.42 Å². The summed E-state index contributed by atoms with van der Waals surface area (Å²) in [5, 5.41) is 2.79. The van der Waals surface area contributed by atoms with Crippen molar-refractivity contribution in [2.75, 3.05) is 19.5 Å². The lowest BCUT2D eigenvalue weighted by molar-refractivity contribution is -0.115. The second-order valence-corrected chi connectivity index (χ2v) is 4.93. The van der Waals surface area contributed by atoms with Gasteiger partial charge in [0, 0.05) is 5.56 Å². The molecule has 2 aromatic rings. The van der Waals surface area contributed by atoms with E-state index in [2.05, 4.69) is 5.32 Å². The van der Waals surface area contributed by atoms with Crippen LogP contribution in [0.4, 0.5) is 10.1 Å². The van der Waals surface area contributed by atoms with Crippen LogP contribution in [0.5, 0.6) is 11.5 Å². The summed E-state index contributed by atoms with van der Waals surface area (Å²) in [7, 11) is 3.07. The maximum Gasteiger partial charge on any atom is 0.228 e. The molecule has 0 spiro atoms. The van der Waals surface area contributed by atoms with Crippen molar-refractivity contribution in [1.82, 2.24) is 0 Å². The summed E-state index contributed by atoms with van der Waals surface area (Å²) < 4.78 is 23.3. The van der Waals surface area contributed by atoms with Crippen LogP contribution < -0.4 is 14.8 Å². The number of nitrogens with one attached hydrogen (secondary N) is 1. The van der Waals surface area contributed by atoms with Crippen LogP contribution in [0.1, 0.15) is 5.56 Å². The predicted molar refractivity (Wildman–Crippen MR) is 83.3 cm³/mol. The zero-order chi connectivity index (χ0) is 16.1. The van der Waals surface area contributed by atoms with Crippen LogP contribution >= 0.6 is 11.6 Å². The predicted octanol–water partition coefficient (Wildman–Crippen LogP) is 3.68. The highest BCUT2D eigenvalue weighted by Crippen LogP contribution is 2.26. The van der Waals surface area contributed by atoms with Gasteiger partial charge >= 0.3 is 0 Å². The van der Waals surface area contributed by atoms with Crippen molar-refractivity contribution in [1.29, 1.82) is 0 Å². The normalized spacial score (nSPS) is 10.2. The third kappa shape index (κ3) is 3.89. The number of benzene rings is 2. The Morgan fingerprint density at radius 1 is 1.18 bits per heavy atom. The first-order valence-corrected chi connectivity index (χ1v) is 6.87. The van der Waals surface area contributed by atoms with Crippen LogP contribution in [0, 0.1) is 5.82 Å². The molecule has 22 heavy (non-hydrogen) atoms. The van der Waals surface area contributed by atoms with Crippen molar-refractivity contribution in [2.24, 2.45) is 0 Å². The van der Waals surface area contributed by atoms with E-state index in [9.17, 15) is 9.18 Å². The Morgan fingerprint density at radius 2 is 1.95 bits per heavy atom. The number of ether oxygens (including phenoxy) is 2. The fourth-order valence-electron chi connectivity index (χ4n) is 1.98. The number of halogens is 2. The molecule has 4 nitrogen and oxygen atoms in total. The summed E-state index contributed by atoms with van der Waals surface area (Å²) in [5.74, 6) is 0.460. The Labute approximate surface area is 132 Å². The molecular weight excluding hydrogens is 309 g/mol. The van der Waals surface area contributed by atoms with Crippen LogP contribution in [0.15, 0.2) is 36.4 Å². The van der Waals surface area contributed by atoms with Gasteiger partial charge < -0.3 is 14.8 Å². The third-order valence-corrected chi connectivity index (χ3v) is 3.36. The summed E-state index contributed by atoms with van der Waals surface area (Å²) >= 11 is 5.88. The fraction of sp³-hybridized carbons (Fsp3) is 0.188. The average molecular weight is 324 g/mol. The molecule has 0 unspecified atom stereocenters. The summed E-state index contributed by atoms with van der Waals surface area (Å²) in [6.45, 7) is 0. The molecule has 1 amide bonds. The molecule has 0 radical (unpaired) electrons. The highest BCUT2D eigenvalue weighted by atomic mass is 35.5. The average Bonchev–Trinajstić information content (AvgIpc) is 2.50. The Bertz CT molecular complexity index is 691. The number of hydrogen-bond acceptors (Lipinski definition) is 3. The van der Waals surface area contributed by atoms with Crippen molar-refractivity contribution in [3.63, 3.8) is 0 Å². The van der Waals surface area contributed by atoms with E-state index in [1.54, 1.807) is 25.3 Å². The summed E-state index contributed by atoms with van der Waals surface area (Å²) in [4.78, 5) is 12.1. The zero-order valence-electron chi connectivity index (χ0n) is 12.2. The minimum atomic E-state index is -0.461. The first-order valence-electron chi connectivity index (χ1n) is 6.49. The van der Waals surface area contributed by atoms with Crippen molar-refractivity contribution < 1.29 is 18.7 Å². The van der Waals surface area contributed by atoms with Crippen molar-refractivity contribution >= 4 is 23.2 Å². The number of rotatable bonds is 5. The lowest BCUT2D eigenvalue weighted by Crippen LogP contribution is -2.15. The van der Waals surface area contributed by atoms with E-state index in [0.29, 0.717) is 22.7 Å². The number of anilines is 1. The summed E-state index contributed by atoms with van der Waals surface area (Å²) in [6.07, 6.45) is 0.0775. The molecule has 0 atom stereocenters. The molecule has 0 aromatic heterocycles. The molecule has 2 aromatic carbocycles. The molecule has 0 aliphatic heterocycles. The van der Waals surface area contributed by atoms with E-state index in [-0.39, 0.29) is 17.4 Å². The SMILES string of the molecule is COc1ccc(OC)c(CC(=O)Nc2ccc(F)cc2Cl)c1. The first-order chi connectivity index (χ1) is 10.5. The Morgan fingerprint density at radius 3 is 2.59 bits per heavy atom. The van der Waals surface area contributed by atoms with Gasteiger partial charge in [0.2, 0.25) is 5.91 Å². The van der Waals surface area contributed by atoms with Gasteiger partial charge in [-0.2, -0.15) is 0 Å². The second kappa shape index (κ2) is 7.13. The van der Waals surface area contributed by atoms with Gasteiger partial charge in [0.05, 0.1) is 31.4 Å². The summed E-state index contributed by atoms with van der Waals surface area (Å²) in [6, 6.07) is 8.99. The van der Waals surface area contributed by atoms with Crippen molar-refractivity contribution in [3.8, 4) is 11.5 Å². The zero-order valence-corrected chi connectivity index (χ0v) is 12.9. The number of hydrogen-bond donors (Lipinski definition) is 1. The molecule has 0 bridgehead atoms. The van der Waals surface area contributed by atoms with E-state index in [4.69, 9.17) is 21.1 Å². The van der Waals surface area contributed by atoms with Crippen LogP contribution in [-0.2, 0) is 11.2 Å². The quantitative estimate of drug-likeness (QED) is 0.913. The maximum absolute atomic E-state index is 13.0. The van der Waals surface area contributed by atoms with Gasteiger partial charge in [-0.05, 0) is 36.4 Å². The number of amides is 1. The number of carbonyl (C=O) groups is 1. The lowest BCUT2D eigenvalue weighted by atomic mass is 10.1. The Balaban J connectivity index is 2.14. The van der Waals surface area contributed by atoms with Gasteiger partial charge in [0.15, 0.2) is 0 Å². The van der Waals surface area contributed by atoms with Gasteiger partial charge in [0.25, 0.3) is 0 Å². The van der Waals surface area contributed by atoms with E-state index in [0.717, 1.165) is 6.07 Å². The van der Waals surface area contributed by atoms with Gasteiger partial charge in [-0.15, -0.1) is 0 Å². The molecule has 2 rings (SSSR count). The molecule has 1 N–H and O–H groups in total. The Kier molecular flexibility index (Phi) is 5.22. The fourth-order valence-corrected chi connectivity index (χ4v) is 2.19. The molecule has 0 saturated heterocycles. The Hall–Kier alpha value is -2.27. The largest absolute Gasteiger partial charge is 0.497 e. The van der Waals surface area contributed by atoms with Crippen LogP contribution in [-0.4, -0.2) is 20.1 Å². The third-order valence-electron chi connectivity index (χ3n) is 3.04. The van der Waals surface area contributed by atoms with Gasteiger partial charge in [0.1, 0.15) is 17.3 Å². The highest BCUT2D eigenvalue weighted by Gasteiger charge is 2.12. The molecular formula is C16H15ClFNO3. The van der Waals surface area contributed by atoms with E-state index in [1.165, 1.54) is 19.2 Å². The molecule has 0 heterocycles. The first kappa shape index (κ1) is 16.1. The smallest absolute Gasteiger partial charge is 0.228 e.